The third kappa shape index (κ3) is 12.9. The molecule has 3 unspecified atom stereocenters. The van der Waals surface area contributed by atoms with E-state index in [9.17, 15) is 20.4 Å². The molecule has 4 N–H and O–H groups in total. The number of hydrogen-bond acceptors (Lipinski definition) is 14. The van der Waals surface area contributed by atoms with Crippen LogP contribution in [-0.2, 0) is 93.7 Å². The van der Waals surface area contributed by atoms with Gasteiger partial charge < -0.3 is 67.8 Å². The molecule has 0 aromatic heterocycles. The van der Waals surface area contributed by atoms with Gasteiger partial charge in [0.15, 0.2) is 23.0 Å². The van der Waals surface area contributed by atoms with E-state index in [0.29, 0.717) is 86.6 Å². The first-order valence-electron chi connectivity index (χ1n) is 36.1. The maximum absolute atomic E-state index is 10.3. The number of aryl methyl sites for hydroxylation is 3. The average Bonchev–Trinajstić information content (AvgIpc) is 1.51. The molecule has 0 radical (unpaired) electrons. The Balaban J connectivity index is 0.000000166. The third-order valence-corrected chi connectivity index (χ3v) is 24.2. The van der Waals surface area contributed by atoms with Crippen LogP contribution in [0.3, 0.4) is 0 Å². The number of aliphatic hydroxyl groups is 4. The van der Waals surface area contributed by atoms with Gasteiger partial charge in [-0.05, 0) is 237 Å². The molecule has 3 spiro atoms. The van der Waals surface area contributed by atoms with Crippen LogP contribution < -0.4 is 28.4 Å². The van der Waals surface area contributed by atoms with Gasteiger partial charge in [0, 0.05) is 47.2 Å². The van der Waals surface area contributed by atoms with Crippen LogP contribution in [0.4, 0.5) is 0 Å². The van der Waals surface area contributed by atoms with Crippen molar-refractivity contribution in [3.63, 3.8) is 0 Å². The number of rotatable bonds is 22. The zero-order valence-electron chi connectivity index (χ0n) is 64.8. The highest BCUT2D eigenvalue weighted by molar-refractivity contribution is 5.74. The van der Waals surface area contributed by atoms with Crippen molar-refractivity contribution in [2.24, 2.45) is 0 Å². The minimum Gasteiger partial charge on any atom is -0.496 e. The Kier molecular flexibility index (Phi) is 21.7. The van der Waals surface area contributed by atoms with Gasteiger partial charge in [-0.2, -0.15) is 0 Å². The molecule has 3 atom stereocenters. The van der Waals surface area contributed by atoms with Gasteiger partial charge in [-0.15, -0.1) is 0 Å². The van der Waals surface area contributed by atoms with Gasteiger partial charge in [-0.1, -0.05) is 119 Å². The van der Waals surface area contributed by atoms with Gasteiger partial charge in [-0.25, -0.2) is 0 Å². The molecule has 14 heteroatoms. The number of ether oxygens (including phenoxy) is 10. The zero-order chi connectivity index (χ0) is 73.3. The summed E-state index contributed by atoms with van der Waals surface area (Å²) in [5.41, 5.74) is 26.9. The molecule has 100 heavy (non-hydrogen) atoms. The van der Waals surface area contributed by atoms with Crippen LogP contribution in [0.1, 0.15) is 238 Å². The Morgan fingerprint density at radius 3 is 1.16 bits per heavy atom. The highest BCUT2D eigenvalue weighted by Gasteiger charge is 2.62. The zero-order valence-corrected chi connectivity index (χ0v) is 64.8. The molecule has 0 heterocycles. The summed E-state index contributed by atoms with van der Waals surface area (Å²) < 4.78 is 57.0. The van der Waals surface area contributed by atoms with Crippen molar-refractivity contribution in [3.8, 4) is 34.5 Å². The lowest BCUT2D eigenvalue weighted by Gasteiger charge is -2.33. The Hall–Kier alpha value is -6.20. The Labute approximate surface area is 597 Å². The van der Waals surface area contributed by atoms with E-state index >= 15 is 0 Å². The molecule has 546 valence electrons. The fourth-order valence-electron chi connectivity index (χ4n) is 20.1. The minimum atomic E-state index is -0.411. The van der Waals surface area contributed by atoms with Crippen LogP contribution in [0.5, 0.6) is 34.5 Å². The summed E-state index contributed by atoms with van der Waals surface area (Å²) >= 11 is 0. The molecule has 0 amide bonds. The fraction of sp³-hybridized carbons (Fsp3) is 0.581. The largest absolute Gasteiger partial charge is 0.496 e. The van der Waals surface area contributed by atoms with E-state index in [1.165, 1.54) is 79.6 Å². The number of fused-ring (bicyclic) bond motifs is 12. The standard InChI is InChI=1S/C33H48O8.C27H36O6.C26H34/c1-31(2)19-33(27-16-24(8-10-39-22-35)23(15-25(27)31)7-9-38-21-34)20-32(3,4)26-17-29(40-13-11-36-5)30(18-28(26)33)41-14-12-37-6;1-25(2)13-27(20-17(25)9-15(11-28)16(12-29)22(20)31-6)14-26(3,4)18-10-19(30-5)23(32-7)24(33-8)21(18)27;1-15-10-20-21(11-16(15)2)26(13-24(20,6)7)14-25(8,9)22-12-17(3)18(4)19(5)23(22)26/h15-18,34-35H,7-14,19-22H2,1-6H3;9-10,28-29H,11-14H2,1-8H3;10-12H,13-14H2,1-9H3. The molecule has 0 fully saturated rings. The molecule has 12 rings (SSSR count). The summed E-state index contributed by atoms with van der Waals surface area (Å²) in [7, 11) is 9.92. The molecule has 0 bridgehead atoms. The van der Waals surface area contributed by atoms with E-state index in [4.69, 9.17) is 47.4 Å². The second kappa shape index (κ2) is 28.4. The van der Waals surface area contributed by atoms with E-state index in [2.05, 4.69) is 172 Å². The number of aliphatic hydroxyl groups excluding tert-OH is 4. The summed E-state index contributed by atoms with van der Waals surface area (Å²) in [4.78, 5) is 0. The van der Waals surface area contributed by atoms with E-state index in [0.717, 1.165) is 53.9 Å². The van der Waals surface area contributed by atoms with E-state index < -0.39 is 5.41 Å². The summed E-state index contributed by atoms with van der Waals surface area (Å²) in [6, 6.07) is 20.8. The van der Waals surface area contributed by atoms with Crippen molar-refractivity contribution in [1.29, 1.82) is 0 Å². The lowest BCUT2D eigenvalue weighted by atomic mass is 9.71. The smallest absolute Gasteiger partial charge is 0.203 e. The molecule has 6 aliphatic rings. The second-order valence-corrected chi connectivity index (χ2v) is 33.6. The Bertz CT molecular complexity index is 3850. The van der Waals surface area contributed by atoms with Crippen molar-refractivity contribution in [2.75, 3.05) is 95.9 Å². The monoisotopic (exact) mass is 1370 g/mol. The lowest BCUT2D eigenvalue weighted by Crippen LogP contribution is -2.28. The van der Waals surface area contributed by atoms with Crippen LogP contribution >= 0.6 is 0 Å². The lowest BCUT2D eigenvalue weighted by molar-refractivity contribution is -0.00154. The van der Waals surface area contributed by atoms with Crippen molar-refractivity contribution < 1.29 is 67.8 Å². The van der Waals surface area contributed by atoms with Crippen molar-refractivity contribution >= 4 is 0 Å². The molecule has 6 aliphatic carbocycles. The SMILES string of the molecule is COCCOc1cc2c(cc1OCCOC)C1(CC(C)(C)c3cc(CCOCO)c(CCOCO)cc31)CC2(C)C.COc1cc2c(c(OC)c1OC)C1(CC(C)(C)c3cc(CO)c(CO)c(OC)c31)CC2(C)C.Cc1cc2c(cc1C)C1(CC2(C)C)CC(C)(C)c2cc(C)c(C)c(C)c21. The van der Waals surface area contributed by atoms with Gasteiger partial charge in [-0.3, -0.25) is 0 Å². The normalized spacial score (nSPS) is 21.8. The summed E-state index contributed by atoms with van der Waals surface area (Å²) in [5.74, 6) is 4.03. The first kappa shape index (κ1) is 76.4. The minimum absolute atomic E-state index is 0.0511. The topological polar surface area (TPSA) is 173 Å². The molecule has 0 saturated carbocycles. The molecular weight excluding hydrogens is 1260 g/mol. The summed E-state index contributed by atoms with van der Waals surface area (Å²) in [5, 5.41) is 38.7. The molecule has 14 nitrogen and oxygen atoms in total. The van der Waals surface area contributed by atoms with E-state index in [-0.39, 0.29) is 70.1 Å². The Morgan fingerprint density at radius 2 is 0.690 bits per heavy atom. The molecule has 0 aliphatic heterocycles. The predicted octanol–water partition coefficient (Wildman–Crippen LogP) is 15.6. The number of benzene rings is 6. The van der Waals surface area contributed by atoms with Crippen molar-refractivity contribution in [2.45, 2.75) is 231 Å². The molecule has 6 aromatic carbocycles. The molecule has 6 aromatic rings. The van der Waals surface area contributed by atoms with Gasteiger partial charge in [0.2, 0.25) is 5.75 Å². The maximum atomic E-state index is 10.3. The van der Waals surface area contributed by atoms with E-state index in [1.54, 1.807) is 64.9 Å². The highest BCUT2D eigenvalue weighted by atomic mass is 16.6. The third-order valence-electron chi connectivity index (χ3n) is 24.2. The van der Waals surface area contributed by atoms with Crippen molar-refractivity contribution in [3.05, 3.63) is 171 Å². The van der Waals surface area contributed by atoms with Gasteiger partial charge in [0.25, 0.3) is 0 Å². The van der Waals surface area contributed by atoms with Crippen LogP contribution in [0, 0.1) is 34.6 Å². The van der Waals surface area contributed by atoms with Crippen LogP contribution in [0.15, 0.2) is 54.6 Å². The van der Waals surface area contributed by atoms with Crippen LogP contribution in [-0.4, -0.2) is 116 Å². The highest BCUT2D eigenvalue weighted by Crippen LogP contribution is 2.70. The molecule has 0 saturated heterocycles. The van der Waals surface area contributed by atoms with E-state index in [1.807, 2.05) is 0 Å². The van der Waals surface area contributed by atoms with Gasteiger partial charge in [0.05, 0.1) is 68.1 Å². The summed E-state index contributed by atoms with van der Waals surface area (Å²) in [6.07, 6.45) is 7.50. The molecular formula is C86H118O14. The number of hydrogen-bond donors (Lipinski definition) is 4. The summed E-state index contributed by atoms with van der Waals surface area (Å²) in [6.45, 7) is 41.4. The van der Waals surface area contributed by atoms with Crippen LogP contribution in [0.2, 0.25) is 0 Å². The van der Waals surface area contributed by atoms with Crippen molar-refractivity contribution in [1.82, 2.24) is 0 Å². The maximum Gasteiger partial charge on any atom is 0.203 e. The second-order valence-electron chi connectivity index (χ2n) is 33.6. The Morgan fingerprint density at radius 1 is 0.320 bits per heavy atom. The average molecular weight is 1380 g/mol. The van der Waals surface area contributed by atoms with Crippen LogP contribution in [0.25, 0.3) is 0 Å². The first-order chi connectivity index (χ1) is 47.1. The quantitative estimate of drug-likeness (QED) is 0.0373. The van der Waals surface area contributed by atoms with Gasteiger partial charge in [0.1, 0.15) is 32.5 Å². The first-order valence-corrected chi connectivity index (χ1v) is 36.1. The predicted molar refractivity (Wildman–Crippen MR) is 397 cm³/mol. The fourth-order valence-corrected chi connectivity index (χ4v) is 20.1. The number of methoxy groups -OCH3 is 6. The van der Waals surface area contributed by atoms with Gasteiger partial charge >= 0.3 is 0 Å².